The van der Waals surface area contributed by atoms with Crippen molar-refractivity contribution in [2.45, 2.75) is 17.6 Å². The van der Waals surface area contributed by atoms with Gasteiger partial charge in [0, 0.05) is 17.2 Å². The van der Waals surface area contributed by atoms with Crippen molar-refractivity contribution in [3.63, 3.8) is 0 Å². The third-order valence-electron chi connectivity index (χ3n) is 2.37. The number of hydrogen-bond acceptors (Lipinski definition) is 3. The summed E-state index contributed by atoms with van der Waals surface area (Å²) in [6.07, 6.45) is 0. The Balaban J connectivity index is 1.97. The Bertz CT molecular complexity index is 499. The SMILES string of the molecule is CCNc1cccc(CSc2ccc(F)cc2)n1. The van der Waals surface area contributed by atoms with Crippen molar-refractivity contribution in [1.82, 2.24) is 4.98 Å². The zero-order valence-corrected chi connectivity index (χ0v) is 11.0. The maximum absolute atomic E-state index is 12.8. The van der Waals surface area contributed by atoms with Crippen LogP contribution in [0.3, 0.4) is 0 Å². The number of halogens is 1. The van der Waals surface area contributed by atoms with Gasteiger partial charge in [-0.25, -0.2) is 9.37 Å². The minimum absolute atomic E-state index is 0.202. The molecule has 2 aromatic rings. The van der Waals surface area contributed by atoms with E-state index in [4.69, 9.17) is 0 Å². The molecule has 94 valence electrons. The van der Waals surface area contributed by atoms with Gasteiger partial charge in [-0.05, 0) is 43.3 Å². The van der Waals surface area contributed by atoms with Crippen molar-refractivity contribution in [3.05, 3.63) is 54.0 Å². The fourth-order valence-corrected chi connectivity index (χ4v) is 2.33. The molecule has 0 unspecified atom stereocenters. The van der Waals surface area contributed by atoms with Crippen molar-refractivity contribution >= 4 is 17.6 Å². The Morgan fingerprint density at radius 1 is 1.17 bits per heavy atom. The number of anilines is 1. The van der Waals surface area contributed by atoms with Crippen LogP contribution in [-0.2, 0) is 5.75 Å². The number of pyridine rings is 1. The van der Waals surface area contributed by atoms with Crippen LogP contribution in [0.5, 0.6) is 0 Å². The highest BCUT2D eigenvalue weighted by Crippen LogP contribution is 2.22. The van der Waals surface area contributed by atoms with E-state index >= 15 is 0 Å². The lowest BCUT2D eigenvalue weighted by Crippen LogP contribution is -2.00. The summed E-state index contributed by atoms with van der Waals surface area (Å²) < 4.78 is 12.8. The summed E-state index contributed by atoms with van der Waals surface area (Å²) in [4.78, 5) is 5.54. The van der Waals surface area contributed by atoms with E-state index in [1.165, 1.54) is 12.1 Å². The van der Waals surface area contributed by atoms with Crippen LogP contribution in [0.15, 0.2) is 47.4 Å². The van der Waals surface area contributed by atoms with Gasteiger partial charge in [-0.2, -0.15) is 0 Å². The molecule has 0 spiro atoms. The molecule has 0 atom stereocenters. The van der Waals surface area contributed by atoms with Crippen molar-refractivity contribution in [2.75, 3.05) is 11.9 Å². The van der Waals surface area contributed by atoms with Gasteiger partial charge in [0.25, 0.3) is 0 Å². The number of nitrogens with zero attached hydrogens (tertiary/aromatic N) is 1. The van der Waals surface area contributed by atoms with Crippen LogP contribution >= 0.6 is 11.8 Å². The first-order valence-electron chi connectivity index (χ1n) is 5.86. The second-order valence-corrected chi connectivity index (χ2v) is 4.84. The monoisotopic (exact) mass is 262 g/mol. The van der Waals surface area contributed by atoms with Gasteiger partial charge >= 0.3 is 0 Å². The fraction of sp³-hybridized carbons (Fsp3) is 0.214. The molecule has 1 heterocycles. The summed E-state index contributed by atoms with van der Waals surface area (Å²) >= 11 is 1.65. The smallest absolute Gasteiger partial charge is 0.126 e. The molecule has 0 fully saturated rings. The number of thioether (sulfide) groups is 1. The van der Waals surface area contributed by atoms with E-state index in [0.29, 0.717) is 0 Å². The lowest BCUT2D eigenvalue weighted by molar-refractivity contribution is 0.626. The van der Waals surface area contributed by atoms with Crippen LogP contribution in [0.4, 0.5) is 10.2 Å². The highest BCUT2D eigenvalue weighted by molar-refractivity contribution is 7.98. The molecule has 0 aliphatic heterocycles. The zero-order chi connectivity index (χ0) is 12.8. The Hall–Kier alpha value is -1.55. The second kappa shape index (κ2) is 6.40. The minimum atomic E-state index is -0.202. The molecular formula is C14H15FN2S. The van der Waals surface area contributed by atoms with E-state index in [1.54, 1.807) is 23.9 Å². The number of rotatable bonds is 5. The van der Waals surface area contributed by atoms with Crippen molar-refractivity contribution < 1.29 is 4.39 Å². The summed E-state index contributed by atoms with van der Waals surface area (Å²) in [6.45, 7) is 2.91. The van der Waals surface area contributed by atoms with Crippen LogP contribution in [0, 0.1) is 5.82 Å². The molecule has 0 aliphatic carbocycles. The molecule has 0 saturated carbocycles. The number of benzene rings is 1. The van der Waals surface area contributed by atoms with Crippen LogP contribution in [-0.4, -0.2) is 11.5 Å². The lowest BCUT2D eigenvalue weighted by Gasteiger charge is -2.05. The third kappa shape index (κ3) is 3.74. The molecule has 2 rings (SSSR count). The summed E-state index contributed by atoms with van der Waals surface area (Å²) in [5.41, 5.74) is 1.02. The van der Waals surface area contributed by atoms with Gasteiger partial charge in [0.2, 0.25) is 0 Å². The maximum atomic E-state index is 12.8. The second-order valence-electron chi connectivity index (χ2n) is 3.79. The highest BCUT2D eigenvalue weighted by Gasteiger charge is 1.99. The van der Waals surface area contributed by atoms with Gasteiger partial charge in [-0.1, -0.05) is 6.07 Å². The van der Waals surface area contributed by atoms with Gasteiger partial charge in [0.1, 0.15) is 11.6 Å². The van der Waals surface area contributed by atoms with Crippen LogP contribution in [0.25, 0.3) is 0 Å². The van der Waals surface area contributed by atoms with Gasteiger partial charge in [-0.15, -0.1) is 11.8 Å². The first kappa shape index (κ1) is 12.9. The average molecular weight is 262 g/mol. The van der Waals surface area contributed by atoms with Gasteiger partial charge in [0.05, 0.1) is 5.69 Å². The Labute approximate surface area is 111 Å². The average Bonchev–Trinajstić information content (AvgIpc) is 2.39. The first-order chi connectivity index (χ1) is 8.78. The summed E-state index contributed by atoms with van der Waals surface area (Å²) in [6, 6.07) is 12.5. The van der Waals surface area contributed by atoms with Crippen LogP contribution in [0.2, 0.25) is 0 Å². The molecule has 0 saturated heterocycles. The summed E-state index contributed by atoms with van der Waals surface area (Å²) in [5, 5.41) is 3.18. The Kier molecular flexibility index (Phi) is 4.59. The molecular weight excluding hydrogens is 247 g/mol. The first-order valence-corrected chi connectivity index (χ1v) is 6.84. The van der Waals surface area contributed by atoms with Crippen LogP contribution < -0.4 is 5.32 Å². The van der Waals surface area contributed by atoms with Crippen molar-refractivity contribution in [1.29, 1.82) is 0 Å². The molecule has 0 bridgehead atoms. The number of hydrogen-bond donors (Lipinski definition) is 1. The van der Waals surface area contributed by atoms with Gasteiger partial charge in [-0.3, -0.25) is 0 Å². The predicted octanol–water partition coefficient (Wildman–Crippen LogP) is 3.94. The van der Waals surface area contributed by atoms with Gasteiger partial charge < -0.3 is 5.32 Å². The van der Waals surface area contributed by atoms with E-state index in [-0.39, 0.29) is 5.82 Å². The standard InChI is InChI=1S/C14H15FN2S/c1-2-16-14-5-3-4-12(17-14)10-18-13-8-6-11(15)7-9-13/h3-9H,2,10H2,1H3,(H,16,17). The van der Waals surface area contributed by atoms with Crippen molar-refractivity contribution in [3.8, 4) is 0 Å². The molecule has 18 heavy (non-hydrogen) atoms. The largest absolute Gasteiger partial charge is 0.370 e. The quantitative estimate of drug-likeness (QED) is 0.826. The molecule has 0 aliphatic rings. The van der Waals surface area contributed by atoms with E-state index < -0.39 is 0 Å². The third-order valence-corrected chi connectivity index (χ3v) is 3.41. The topological polar surface area (TPSA) is 24.9 Å². The Morgan fingerprint density at radius 2 is 1.94 bits per heavy atom. The normalized spacial score (nSPS) is 10.3. The summed E-state index contributed by atoms with van der Waals surface area (Å²) in [7, 11) is 0. The van der Waals surface area contributed by atoms with E-state index in [1.807, 2.05) is 25.1 Å². The van der Waals surface area contributed by atoms with E-state index in [2.05, 4.69) is 10.3 Å². The molecule has 0 amide bonds. The van der Waals surface area contributed by atoms with E-state index in [9.17, 15) is 4.39 Å². The number of nitrogens with one attached hydrogen (secondary N) is 1. The molecule has 1 aromatic heterocycles. The molecule has 1 aromatic carbocycles. The molecule has 1 N–H and O–H groups in total. The molecule has 0 radical (unpaired) electrons. The maximum Gasteiger partial charge on any atom is 0.126 e. The van der Waals surface area contributed by atoms with Crippen LogP contribution in [0.1, 0.15) is 12.6 Å². The minimum Gasteiger partial charge on any atom is -0.370 e. The predicted molar refractivity (Wildman–Crippen MR) is 74.4 cm³/mol. The fourth-order valence-electron chi connectivity index (χ4n) is 1.53. The zero-order valence-electron chi connectivity index (χ0n) is 10.2. The number of aromatic nitrogens is 1. The molecule has 2 nitrogen and oxygen atoms in total. The van der Waals surface area contributed by atoms with Gasteiger partial charge in [0.15, 0.2) is 0 Å². The molecule has 4 heteroatoms. The van der Waals surface area contributed by atoms with Crippen molar-refractivity contribution in [2.24, 2.45) is 0 Å². The lowest BCUT2D eigenvalue weighted by atomic mass is 10.3. The Morgan fingerprint density at radius 3 is 2.67 bits per heavy atom. The van der Waals surface area contributed by atoms with E-state index in [0.717, 1.165) is 28.7 Å². The summed E-state index contributed by atoms with van der Waals surface area (Å²) in [5.74, 6) is 1.48. The highest BCUT2D eigenvalue weighted by atomic mass is 32.2.